The normalized spacial score (nSPS) is 10.5. The molecule has 0 unspecified atom stereocenters. The third-order valence-corrected chi connectivity index (χ3v) is 3.40. The highest BCUT2D eigenvalue weighted by atomic mass is 32.2. The number of aromatic nitrogens is 4. The summed E-state index contributed by atoms with van der Waals surface area (Å²) in [6, 6.07) is 0. The molecule has 0 radical (unpaired) electrons. The van der Waals surface area contributed by atoms with Gasteiger partial charge >= 0.3 is 5.97 Å². The van der Waals surface area contributed by atoms with E-state index in [0.29, 0.717) is 10.9 Å². The van der Waals surface area contributed by atoms with Gasteiger partial charge in [0.25, 0.3) is 0 Å². The number of nitrogen functional groups attached to an aromatic ring is 1. The van der Waals surface area contributed by atoms with Crippen LogP contribution < -0.4 is 5.73 Å². The molecule has 0 aliphatic carbocycles. The minimum atomic E-state index is -0.509. The number of esters is 1. The van der Waals surface area contributed by atoms with Crippen LogP contribution in [0.25, 0.3) is 0 Å². The Balaban J connectivity index is 2.05. The van der Waals surface area contributed by atoms with E-state index in [9.17, 15) is 4.79 Å². The molecule has 8 heteroatoms. The molecule has 2 aromatic heterocycles. The van der Waals surface area contributed by atoms with Crippen LogP contribution in [0.3, 0.4) is 0 Å². The first kappa shape index (κ1) is 14.3. The molecule has 0 saturated heterocycles. The standard InChI is InChI=1S/C12H15N5O2S/c1-3-19-11(18)8-6-15-12(16-10(8)13)20-7-9-14-4-5-17(9)2/h4-6H,3,7H2,1-2H3,(H2,13,15,16). The first-order valence-electron chi connectivity index (χ1n) is 6.00. The first-order chi connectivity index (χ1) is 9.61. The summed E-state index contributed by atoms with van der Waals surface area (Å²) >= 11 is 1.40. The topological polar surface area (TPSA) is 95.9 Å². The van der Waals surface area contributed by atoms with Crippen LogP contribution in [0.15, 0.2) is 23.7 Å². The fourth-order valence-electron chi connectivity index (χ4n) is 1.48. The minimum Gasteiger partial charge on any atom is -0.462 e. The first-order valence-corrected chi connectivity index (χ1v) is 6.99. The van der Waals surface area contributed by atoms with Crippen molar-refractivity contribution in [1.29, 1.82) is 0 Å². The number of hydrogen-bond donors (Lipinski definition) is 1. The second-order valence-corrected chi connectivity index (χ2v) is 4.86. The second-order valence-electron chi connectivity index (χ2n) is 3.92. The van der Waals surface area contributed by atoms with E-state index < -0.39 is 5.97 Å². The molecule has 0 aliphatic heterocycles. The molecule has 0 bridgehead atoms. The van der Waals surface area contributed by atoms with Crippen molar-refractivity contribution in [1.82, 2.24) is 19.5 Å². The van der Waals surface area contributed by atoms with E-state index in [1.807, 2.05) is 17.8 Å². The summed E-state index contributed by atoms with van der Waals surface area (Å²) < 4.78 is 6.78. The van der Waals surface area contributed by atoms with Gasteiger partial charge in [0.2, 0.25) is 0 Å². The summed E-state index contributed by atoms with van der Waals surface area (Å²) in [5.41, 5.74) is 5.93. The van der Waals surface area contributed by atoms with Gasteiger partial charge in [-0.1, -0.05) is 11.8 Å². The molecule has 0 spiro atoms. The van der Waals surface area contributed by atoms with E-state index in [0.717, 1.165) is 5.82 Å². The number of nitrogens with zero attached hydrogens (tertiary/aromatic N) is 4. The molecule has 2 aromatic rings. The van der Waals surface area contributed by atoms with Crippen molar-refractivity contribution in [2.45, 2.75) is 17.8 Å². The molecule has 2 rings (SSSR count). The number of imidazole rings is 1. The summed E-state index contributed by atoms with van der Waals surface area (Å²) in [4.78, 5) is 24.0. The fraction of sp³-hybridized carbons (Fsp3) is 0.333. The van der Waals surface area contributed by atoms with Crippen molar-refractivity contribution in [2.24, 2.45) is 7.05 Å². The number of hydrogen-bond acceptors (Lipinski definition) is 7. The van der Waals surface area contributed by atoms with Gasteiger partial charge in [0, 0.05) is 25.6 Å². The quantitative estimate of drug-likeness (QED) is 0.503. The second kappa shape index (κ2) is 6.38. The van der Waals surface area contributed by atoms with Gasteiger partial charge in [-0.25, -0.2) is 19.7 Å². The number of thioether (sulfide) groups is 1. The Bertz CT molecular complexity index is 614. The molecule has 2 heterocycles. The van der Waals surface area contributed by atoms with Gasteiger partial charge < -0.3 is 15.0 Å². The minimum absolute atomic E-state index is 0.126. The molecule has 0 amide bonds. The average Bonchev–Trinajstić information content (AvgIpc) is 2.82. The largest absolute Gasteiger partial charge is 0.462 e. The van der Waals surface area contributed by atoms with Gasteiger partial charge in [-0.05, 0) is 6.92 Å². The van der Waals surface area contributed by atoms with Crippen molar-refractivity contribution < 1.29 is 9.53 Å². The molecule has 0 atom stereocenters. The lowest BCUT2D eigenvalue weighted by atomic mass is 10.3. The highest BCUT2D eigenvalue weighted by Gasteiger charge is 2.14. The van der Waals surface area contributed by atoms with Gasteiger partial charge in [-0.3, -0.25) is 0 Å². The smallest absolute Gasteiger partial charge is 0.343 e. The number of carbonyl (C=O) groups is 1. The third-order valence-electron chi connectivity index (χ3n) is 2.54. The Morgan fingerprint density at radius 2 is 2.30 bits per heavy atom. The highest BCUT2D eigenvalue weighted by molar-refractivity contribution is 7.98. The molecule has 0 aliphatic rings. The maximum Gasteiger partial charge on any atom is 0.343 e. The van der Waals surface area contributed by atoms with E-state index in [-0.39, 0.29) is 18.0 Å². The number of ether oxygens (including phenoxy) is 1. The SMILES string of the molecule is CCOC(=O)c1cnc(SCc2nccn2C)nc1N. The Morgan fingerprint density at radius 3 is 2.90 bits per heavy atom. The summed E-state index contributed by atoms with van der Waals surface area (Å²) in [5.74, 6) is 1.15. The lowest BCUT2D eigenvalue weighted by molar-refractivity contribution is 0.0526. The molecule has 0 saturated carbocycles. The predicted molar refractivity (Wildman–Crippen MR) is 75.2 cm³/mol. The highest BCUT2D eigenvalue weighted by Crippen LogP contribution is 2.20. The van der Waals surface area contributed by atoms with Crippen molar-refractivity contribution >= 4 is 23.5 Å². The fourth-order valence-corrected chi connectivity index (χ4v) is 2.30. The monoisotopic (exact) mass is 293 g/mol. The average molecular weight is 293 g/mol. The van der Waals surface area contributed by atoms with Gasteiger partial charge in [-0.15, -0.1) is 0 Å². The number of nitrogens with two attached hydrogens (primary N) is 1. The molecular weight excluding hydrogens is 278 g/mol. The Kier molecular flexibility index (Phi) is 4.57. The lowest BCUT2D eigenvalue weighted by Crippen LogP contribution is -2.10. The van der Waals surface area contributed by atoms with Crippen molar-refractivity contribution in [3.05, 3.63) is 30.0 Å². The van der Waals surface area contributed by atoms with E-state index in [1.165, 1.54) is 18.0 Å². The number of aryl methyl sites for hydroxylation is 1. The zero-order chi connectivity index (χ0) is 14.5. The van der Waals surface area contributed by atoms with Crippen LogP contribution in [0.2, 0.25) is 0 Å². The van der Waals surface area contributed by atoms with E-state index in [1.54, 1.807) is 13.1 Å². The molecule has 106 valence electrons. The predicted octanol–water partition coefficient (Wildman–Crippen LogP) is 1.26. The van der Waals surface area contributed by atoms with Crippen LogP contribution in [0, 0.1) is 0 Å². The number of anilines is 1. The maximum absolute atomic E-state index is 11.6. The van der Waals surface area contributed by atoms with Crippen LogP contribution >= 0.6 is 11.8 Å². The van der Waals surface area contributed by atoms with Crippen molar-refractivity contribution in [3.8, 4) is 0 Å². The van der Waals surface area contributed by atoms with Crippen LogP contribution in [0.5, 0.6) is 0 Å². The Morgan fingerprint density at radius 1 is 1.50 bits per heavy atom. The van der Waals surface area contributed by atoms with E-state index >= 15 is 0 Å². The molecule has 20 heavy (non-hydrogen) atoms. The zero-order valence-corrected chi connectivity index (χ0v) is 12.1. The molecule has 7 nitrogen and oxygen atoms in total. The number of carbonyl (C=O) groups excluding carboxylic acids is 1. The molecule has 0 fully saturated rings. The van der Waals surface area contributed by atoms with Gasteiger partial charge in [0.15, 0.2) is 5.16 Å². The van der Waals surface area contributed by atoms with Gasteiger partial charge in [0.05, 0.1) is 12.4 Å². The summed E-state index contributed by atoms with van der Waals surface area (Å²) in [7, 11) is 1.92. The van der Waals surface area contributed by atoms with Crippen LogP contribution in [0.1, 0.15) is 23.1 Å². The van der Waals surface area contributed by atoms with E-state index in [4.69, 9.17) is 10.5 Å². The van der Waals surface area contributed by atoms with Crippen molar-refractivity contribution in [2.75, 3.05) is 12.3 Å². The number of rotatable bonds is 5. The third kappa shape index (κ3) is 3.27. The molecule has 0 aromatic carbocycles. The van der Waals surface area contributed by atoms with E-state index in [2.05, 4.69) is 15.0 Å². The van der Waals surface area contributed by atoms with Crippen LogP contribution in [-0.4, -0.2) is 32.1 Å². The van der Waals surface area contributed by atoms with Crippen LogP contribution in [-0.2, 0) is 17.5 Å². The Hall–Kier alpha value is -2.09. The lowest BCUT2D eigenvalue weighted by Gasteiger charge is -2.06. The van der Waals surface area contributed by atoms with Gasteiger partial charge in [0.1, 0.15) is 17.2 Å². The van der Waals surface area contributed by atoms with Gasteiger partial charge in [-0.2, -0.15) is 0 Å². The summed E-state index contributed by atoms with van der Waals surface area (Å²) in [6.45, 7) is 2.01. The van der Waals surface area contributed by atoms with Crippen molar-refractivity contribution in [3.63, 3.8) is 0 Å². The Labute approximate surface area is 120 Å². The maximum atomic E-state index is 11.6. The summed E-state index contributed by atoms with van der Waals surface area (Å²) in [5, 5.41) is 0.499. The molecule has 2 N–H and O–H groups in total. The summed E-state index contributed by atoms with van der Waals surface area (Å²) in [6.07, 6.45) is 4.99. The van der Waals surface area contributed by atoms with Crippen LogP contribution in [0.4, 0.5) is 5.82 Å². The zero-order valence-electron chi connectivity index (χ0n) is 11.2. The molecular formula is C12H15N5O2S.